The maximum absolute atomic E-state index is 11.8. The second-order valence-electron chi connectivity index (χ2n) is 6.81. The highest BCUT2D eigenvalue weighted by Gasteiger charge is 2.63. The third-order valence-corrected chi connectivity index (χ3v) is 5.11. The van der Waals surface area contributed by atoms with Gasteiger partial charge in [0, 0.05) is 23.2 Å². The Hall–Kier alpha value is -0.480. The van der Waals surface area contributed by atoms with Gasteiger partial charge in [0.2, 0.25) is 0 Å². The van der Waals surface area contributed by atoms with Gasteiger partial charge < -0.3 is 9.84 Å². The van der Waals surface area contributed by atoms with E-state index in [-0.39, 0.29) is 10.7 Å². The predicted octanol–water partition coefficient (Wildman–Crippen LogP) is 2.24. The molecule has 4 aliphatic carbocycles. The lowest BCUT2D eigenvalue weighted by Gasteiger charge is -2.62. The van der Waals surface area contributed by atoms with Crippen molar-refractivity contribution in [2.24, 2.45) is 5.92 Å². The molecular formula is C14H20O3S. The van der Waals surface area contributed by atoms with Crippen molar-refractivity contribution in [2.45, 2.75) is 61.4 Å². The number of carbonyl (C=O) groups is 1. The molecule has 1 N–H and O–H groups in total. The Morgan fingerprint density at radius 1 is 1.33 bits per heavy atom. The fraction of sp³-hybridized carbons (Fsp3) is 0.786. The van der Waals surface area contributed by atoms with Crippen LogP contribution in [0.2, 0.25) is 0 Å². The number of rotatable bonds is 2. The first-order valence-electron chi connectivity index (χ1n) is 6.57. The highest BCUT2D eigenvalue weighted by molar-refractivity contribution is 7.81. The van der Waals surface area contributed by atoms with Crippen LogP contribution in [-0.2, 0) is 9.53 Å². The van der Waals surface area contributed by atoms with Crippen molar-refractivity contribution in [3.63, 3.8) is 0 Å². The second-order valence-corrected chi connectivity index (χ2v) is 7.76. The van der Waals surface area contributed by atoms with Gasteiger partial charge in [0.15, 0.2) is 0 Å². The SMILES string of the molecule is C=C(C)C(=O)OC12CC3CC(O)(CC(S)(C3)C1)C2. The maximum Gasteiger partial charge on any atom is 0.333 e. The van der Waals surface area contributed by atoms with Gasteiger partial charge in [-0.3, -0.25) is 0 Å². The molecule has 100 valence electrons. The summed E-state index contributed by atoms with van der Waals surface area (Å²) in [6.07, 6.45) is 4.80. The summed E-state index contributed by atoms with van der Waals surface area (Å²) < 4.78 is 5.53. The number of ether oxygens (including phenoxy) is 1. The molecule has 0 aromatic carbocycles. The summed E-state index contributed by atoms with van der Waals surface area (Å²) in [4.78, 5) is 11.8. The molecule has 4 atom stereocenters. The molecule has 3 nitrogen and oxygen atoms in total. The van der Waals surface area contributed by atoms with E-state index in [0.717, 1.165) is 32.1 Å². The van der Waals surface area contributed by atoms with Crippen molar-refractivity contribution in [1.82, 2.24) is 0 Å². The van der Waals surface area contributed by atoms with Gasteiger partial charge >= 0.3 is 5.97 Å². The molecule has 0 aromatic rings. The van der Waals surface area contributed by atoms with Crippen molar-refractivity contribution >= 4 is 18.6 Å². The van der Waals surface area contributed by atoms with Gasteiger partial charge in [-0.1, -0.05) is 6.58 Å². The summed E-state index contributed by atoms with van der Waals surface area (Å²) >= 11 is 4.76. The van der Waals surface area contributed by atoms with Gasteiger partial charge in [0.05, 0.1) is 5.60 Å². The van der Waals surface area contributed by atoms with E-state index >= 15 is 0 Å². The largest absolute Gasteiger partial charge is 0.456 e. The average Bonchev–Trinajstić information content (AvgIpc) is 2.09. The van der Waals surface area contributed by atoms with Gasteiger partial charge in [0.25, 0.3) is 0 Å². The average molecular weight is 268 g/mol. The Labute approximate surface area is 113 Å². The summed E-state index contributed by atoms with van der Waals surface area (Å²) in [5, 5.41) is 10.6. The zero-order chi connectivity index (χ0) is 13.2. The zero-order valence-electron chi connectivity index (χ0n) is 10.7. The molecule has 0 saturated heterocycles. The van der Waals surface area contributed by atoms with Crippen LogP contribution in [-0.4, -0.2) is 27.0 Å². The van der Waals surface area contributed by atoms with Crippen LogP contribution in [0.1, 0.15) is 45.4 Å². The standard InChI is InChI=1S/C14H20O3S/c1-9(2)11(15)17-13-4-10-3-12(16,6-13)7-14(18,5-10)8-13/h10,16,18H,1,3-8H2,2H3. The van der Waals surface area contributed by atoms with E-state index in [1.54, 1.807) is 6.92 Å². The quantitative estimate of drug-likeness (QED) is 0.459. The van der Waals surface area contributed by atoms with E-state index in [1.165, 1.54) is 0 Å². The minimum Gasteiger partial charge on any atom is -0.456 e. The molecular weight excluding hydrogens is 248 g/mol. The molecule has 0 amide bonds. The van der Waals surface area contributed by atoms with Crippen LogP contribution in [0.15, 0.2) is 12.2 Å². The van der Waals surface area contributed by atoms with Crippen LogP contribution in [0.25, 0.3) is 0 Å². The summed E-state index contributed by atoms with van der Waals surface area (Å²) in [7, 11) is 0. The monoisotopic (exact) mass is 268 g/mol. The minimum atomic E-state index is -0.684. The lowest BCUT2D eigenvalue weighted by Crippen LogP contribution is -2.65. The highest BCUT2D eigenvalue weighted by Crippen LogP contribution is 2.62. The summed E-state index contributed by atoms with van der Waals surface area (Å²) in [5.74, 6) is 0.0964. The molecule has 4 bridgehead atoms. The Bertz CT molecular complexity index is 413. The fourth-order valence-electron chi connectivity index (χ4n) is 4.65. The third-order valence-electron chi connectivity index (χ3n) is 4.62. The zero-order valence-corrected chi connectivity index (χ0v) is 11.6. The lowest BCUT2D eigenvalue weighted by atomic mass is 9.52. The second kappa shape index (κ2) is 3.54. The van der Waals surface area contributed by atoms with Crippen molar-refractivity contribution < 1.29 is 14.6 Å². The van der Waals surface area contributed by atoms with Crippen LogP contribution in [0.4, 0.5) is 0 Å². The third kappa shape index (κ3) is 1.90. The van der Waals surface area contributed by atoms with Gasteiger partial charge in [-0.2, -0.15) is 12.6 Å². The molecule has 18 heavy (non-hydrogen) atoms. The van der Waals surface area contributed by atoms with Crippen molar-refractivity contribution in [1.29, 1.82) is 0 Å². The summed E-state index contributed by atoms with van der Waals surface area (Å²) in [6.45, 7) is 5.29. The van der Waals surface area contributed by atoms with Crippen LogP contribution >= 0.6 is 12.6 Å². The summed E-state index contributed by atoms with van der Waals surface area (Å²) in [5.41, 5.74) is -0.770. The Balaban J connectivity index is 1.89. The first kappa shape index (κ1) is 12.5. The molecule has 0 spiro atoms. The fourth-order valence-corrected chi connectivity index (χ4v) is 5.49. The summed E-state index contributed by atoms with van der Waals surface area (Å²) in [6, 6.07) is 0. The number of hydrogen-bond acceptors (Lipinski definition) is 4. The van der Waals surface area contributed by atoms with E-state index in [2.05, 4.69) is 6.58 Å². The number of hydrogen-bond donors (Lipinski definition) is 2. The first-order chi connectivity index (χ1) is 8.23. The van der Waals surface area contributed by atoms with E-state index < -0.39 is 11.2 Å². The molecule has 4 unspecified atom stereocenters. The number of esters is 1. The first-order valence-corrected chi connectivity index (χ1v) is 7.02. The molecule has 4 fully saturated rings. The Kier molecular flexibility index (Phi) is 2.47. The topological polar surface area (TPSA) is 46.5 Å². The minimum absolute atomic E-state index is 0.163. The Morgan fingerprint density at radius 3 is 2.61 bits per heavy atom. The van der Waals surface area contributed by atoms with Crippen molar-refractivity contribution in [2.75, 3.05) is 0 Å². The van der Waals surface area contributed by atoms with E-state index in [9.17, 15) is 9.90 Å². The number of aliphatic hydroxyl groups is 1. The van der Waals surface area contributed by atoms with Crippen LogP contribution in [0, 0.1) is 5.92 Å². The molecule has 0 aliphatic heterocycles. The smallest absolute Gasteiger partial charge is 0.333 e. The molecule has 0 aromatic heterocycles. The lowest BCUT2D eigenvalue weighted by molar-refractivity contribution is -0.210. The van der Waals surface area contributed by atoms with E-state index in [4.69, 9.17) is 17.4 Å². The van der Waals surface area contributed by atoms with Crippen LogP contribution < -0.4 is 0 Å². The van der Waals surface area contributed by atoms with Crippen molar-refractivity contribution in [3.05, 3.63) is 12.2 Å². The predicted molar refractivity (Wildman–Crippen MR) is 71.5 cm³/mol. The Morgan fingerprint density at radius 2 is 2.06 bits per heavy atom. The molecule has 0 radical (unpaired) electrons. The van der Waals surface area contributed by atoms with Gasteiger partial charge in [0.1, 0.15) is 5.60 Å². The molecule has 4 heteroatoms. The van der Waals surface area contributed by atoms with Gasteiger partial charge in [-0.15, -0.1) is 0 Å². The molecule has 0 heterocycles. The number of thiol groups is 1. The van der Waals surface area contributed by atoms with Crippen LogP contribution in [0.3, 0.4) is 0 Å². The molecule has 4 aliphatic rings. The maximum atomic E-state index is 11.8. The van der Waals surface area contributed by atoms with Crippen molar-refractivity contribution in [3.8, 4) is 0 Å². The van der Waals surface area contributed by atoms with Crippen LogP contribution in [0.5, 0.6) is 0 Å². The molecule has 4 rings (SSSR count). The van der Waals surface area contributed by atoms with Gasteiger partial charge in [-0.25, -0.2) is 4.79 Å². The molecule has 4 saturated carbocycles. The normalized spacial score (nSPS) is 49.2. The van der Waals surface area contributed by atoms with E-state index in [1.807, 2.05) is 0 Å². The van der Waals surface area contributed by atoms with E-state index in [0.29, 0.717) is 17.9 Å². The highest BCUT2D eigenvalue weighted by atomic mass is 32.1. The number of carbonyl (C=O) groups excluding carboxylic acids is 1. The van der Waals surface area contributed by atoms with Gasteiger partial charge in [-0.05, 0) is 38.5 Å².